The number of Topliss-reactive ketones (excluding diaryl/α,β-unsaturated/α-hetero) is 1. The molecular formula is C14H21N3O3S. The van der Waals surface area contributed by atoms with E-state index in [9.17, 15) is 9.59 Å². The van der Waals surface area contributed by atoms with Crippen LogP contribution in [0.3, 0.4) is 0 Å². The van der Waals surface area contributed by atoms with Gasteiger partial charge in [0.05, 0.1) is 7.11 Å². The van der Waals surface area contributed by atoms with Crippen molar-refractivity contribution in [2.24, 2.45) is 0 Å². The van der Waals surface area contributed by atoms with E-state index in [2.05, 4.69) is 34.0 Å². The summed E-state index contributed by atoms with van der Waals surface area (Å²) in [6.45, 7) is 5.74. The summed E-state index contributed by atoms with van der Waals surface area (Å²) in [6, 6.07) is 0.778. The molecule has 6 nitrogen and oxygen atoms in total. The molecule has 1 N–H and O–H groups in total. The van der Waals surface area contributed by atoms with Crippen LogP contribution in [-0.4, -0.2) is 40.9 Å². The summed E-state index contributed by atoms with van der Waals surface area (Å²) in [5, 5.41) is 2.70. The number of nitrogens with zero attached hydrogens (tertiary/aromatic N) is 2. The fourth-order valence-corrected chi connectivity index (χ4v) is 3.44. The number of methoxy groups -OCH3 is 1. The molecule has 1 aromatic heterocycles. The number of rotatable bonds is 4. The number of nitrogens with one attached hydrogen (secondary N) is 1. The van der Waals surface area contributed by atoms with Gasteiger partial charge in [0.15, 0.2) is 16.6 Å². The van der Waals surface area contributed by atoms with E-state index in [1.807, 2.05) is 0 Å². The van der Waals surface area contributed by atoms with E-state index in [1.54, 1.807) is 0 Å². The zero-order chi connectivity index (χ0) is 15.6. The minimum atomic E-state index is -0.579. The number of aromatic nitrogens is 1. The van der Waals surface area contributed by atoms with Gasteiger partial charge in [0.2, 0.25) is 0 Å². The second-order valence-electron chi connectivity index (χ2n) is 5.39. The third-order valence-corrected chi connectivity index (χ3v) is 4.80. The monoisotopic (exact) mass is 311 g/mol. The average molecular weight is 311 g/mol. The molecule has 1 aliphatic heterocycles. The molecule has 0 amide bonds. The van der Waals surface area contributed by atoms with E-state index >= 15 is 0 Å². The van der Waals surface area contributed by atoms with Crippen LogP contribution >= 0.6 is 11.3 Å². The smallest absolute Gasteiger partial charge is 0.358 e. The summed E-state index contributed by atoms with van der Waals surface area (Å²) >= 11 is 1.19. The first-order chi connectivity index (χ1) is 9.93. The lowest BCUT2D eigenvalue weighted by Crippen LogP contribution is -2.47. The summed E-state index contributed by atoms with van der Waals surface area (Å²) in [6.07, 6.45) is 3.45. The van der Waals surface area contributed by atoms with E-state index in [0.717, 1.165) is 12.8 Å². The number of thiazole rings is 1. The van der Waals surface area contributed by atoms with Crippen molar-refractivity contribution >= 4 is 28.2 Å². The standard InChI is InChI=1S/C14H21N3O3S/c1-8-6-5-7-9(2)17(8)16-14-15-11(13(19)20-4)12(21-14)10(3)18/h8-9H,5-7H2,1-4H3,(H,15,16). The highest BCUT2D eigenvalue weighted by Gasteiger charge is 2.27. The third kappa shape index (κ3) is 3.41. The van der Waals surface area contributed by atoms with E-state index in [0.29, 0.717) is 22.1 Å². The molecule has 0 saturated carbocycles. The molecule has 0 radical (unpaired) electrons. The number of carbonyl (C=O) groups excluding carboxylic acids is 2. The summed E-state index contributed by atoms with van der Waals surface area (Å²) in [5.41, 5.74) is 3.35. The number of hydrogen-bond donors (Lipinski definition) is 1. The molecule has 0 aromatic carbocycles. The minimum absolute atomic E-state index is 0.0924. The first-order valence-corrected chi connectivity index (χ1v) is 7.90. The van der Waals surface area contributed by atoms with Gasteiger partial charge in [-0.25, -0.2) is 14.8 Å². The Balaban J connectivity index is 2.24. The molecule has 7 heteroatoms. The van der Waals surface area contributed by atoms with Crippen molar-refractivity contribution in [2.75, 3.05) is 12.5 Å². The summed E-state index contributed by atoms with van der Waals surface area (Å²) in [4.78, 5) is 27.9. The lowest BCUT2D eigenvalue weighted by Gasteiger charge is -2.38. The van der Waals surface area contributed by atoms with Gasteiger partial charge in [-0.1, -0.05) is 17.8 Å². The fraction of sp³-hybridized carbons (Fsp3) is 0.643. The first kappa shape index (κ1) is 15.9. The maximum absolute atomic E-state index is 11.7. The molecule has 0 spiro atoms. The van der Waals surface area contributed by atoms with E-state index in [-0.39, 0.29) is 11.5 Å². The molecule has 21 heavy (non-hydrogen) atoms. The summed E-state index contributed by atoms with van der Waals surface area (Å²) in [5.74, 6) is -0.759. The molecule has 2 rings (SSSR count). The normalized spacial score (nSPS) is 22.9. The van der Waals surface area contributed by atoms with Crippen molar-refractivity contribution in [2.45, 2.75) is 52.1 Å². The van der Waals surface area contributed by atoms with Gasteiger partial charge in [-0.05, 0) is 26.7 Å². The molecule has 116 valence electrons. The quantitative estimate of drug-likeness (QED) is 0.681. The fourth-order valence-electron chi connectivity index (χ4n) is 2.59. The SMILES string of the molecule is COC(=O)c1nc(NN2C(C)CCCC2C)sc1C(C)=O. The predicted molar refractivity (Wildman–Crippen MR) is 81.7 cm³/mol. The van der Waals surface area contributed by atoms with E-state index < -0.39 is 5.97 Å². The molecule has 2 atom stereocenters. The van der Waals surface area contributed by atoms with Gasteiger partial charge < -0.3 is 4.74 Å². The number of hydrazine groups is 1. The van der Waals surface area contributed by atoms with Gasteiger partial charge in [-0.15, -0.1) is 0 Å². The highest BCUT2D eigenvalue weighted by molar-refractivity contribution is 7.17. The number of hydrogen-bond acceptors (Lipinski definition) is 7. The van der Waals surface area contributed by atoms with Crippen molar-refractivity contribution < 1.29 is 14.3 Å². The van der Waals surface area contributed by atoms with Crippen molar-refractivity contribution in [3.8, 4) is 0 Å². The number of esters is 1. The van der Waals surface area contributed by atoms with Gasteiger partial charge in [-0.3, -0.25) is 10.2 Å². The minimum Gasteiger partial charge on any atom is -0.464 e. The Morgan fingerprint density at radius 3 is 2.48 bits per heavy atom. The molecular weight excluding hydrogens is 290 g/mol. The summed E-state index contributed by atoms with van der Waals surface area (Å²) < 4.78 is 4.68. The summed E-state index contributed by atoms with van der Waals surface area (Å²) in [7, 11) is 1.29. The van der Waals surface area contributed by atoms with Crippen LogP contribution in [0.4, 0.5) is 5.13 Å². The number of anilines is 1. The van der Waals surface area contributed by atoms with Crippen LogP contribution in [0.25, 0.3) is 0 Å². The van der Waals surface area contributed by atoms with E-state index in [4.69, 9.17) is 0 Å². The van der Waals surface area contributed by atoms with Gasteiger partial charge in [-0.2, -0.15) is 0 Å². The lowest BCUT2D eigenvalue weighted by atomic mass is 10.00. The van der Waals surface area contributed by atoms with Crippen molar-refractivity contribution in [3.05, 3.63) is 10.6 Å². The Bertz CT molecular complexity index is 534. The highest BCUT2D eigenvalue weighted by atomic mass is 32.1. The Kier molecular flexibility index (Phi) is 4.95. The molecule has 2 heterocycles. The molecule has 1 aromatic rings. The van der Waals surface area contributed by atoms with Crippen LogP contribution in [0, 0.1) is 0 Å². The molecule has 1 aliphatic rings. The molecule has 1 fully saturated rings. The Morgan fingerprint density at radius 2 is 1.95 bits per heavy atom. The van der Waals surface area contributed by atoms with Gasteiger partial charge in [0.25, 0.3) is 0 Å². The average Bonchev–Trinajstić information content (AvgIpc) is 2.86. The maximum Gasteiger partial charge on any atom is 0.358 e. The zero-order valence-electron chi connectivity index (χ0n) is 12.8. The van der Waals surface area contributed by atoms with Gasteiger partial charge in [0.1, 0.15) is 4.88 Å². The Hall–Kier alpha value is -1.47. The lowest BCUT2D eigenvalue weighted by molar-refractivity contribution is 0.0591. The van der Waals surface area contributed by atoms with Gasteiger partial charge in [0, 0.05) is 19.0 Å². The van der Waals surface area contributed by atoms with Crippen molar-refractivity contribution in [1.29, 1.82) is 0 Å². The highest BCUT2D eigenvalue weighted by Crippen LogP contribution is 2.28. The third-order valence-electron chi connectivity index (χ3n) is 3.74. The molecule has 1 saturated heterocycles. The van der Waals surface area contributed by atoms with Crippen LogP contribution in [0.15, 0.2) is 0 Å². The molecule has 2 unspecified atom stereocenters. The molecule has 0 aliphatic carbocycles. The van der Waals surface area contributed by atoms with Crippen molar-refractivity contribution in [3.63, 3.8) is 0 Å². The van der Waals surface area contributed by atoms with Crippen LogP contribution in [-0.2, 0) is 4.74 Å². The Morgan fingerprint density at radius 1 is 1.33 bits per heavy atom. The molecule has 0 bridgehead atoms. The zero-order valence-corrected chi connectivity index (χ0v) is 13.6. The predicted octanol–water partition coefficient (Wildman–Crippen LogP) is 2.72. The first-order valence-electron chi connectivity index (χ1n) is 7.09. The number of piperidine rings is 1. The van der Waals surface area contributed by atoms with Crippen LogP contribution in [0.2, 0.25) is 0 Å². The number of ketones is 1. The van der Waals surface area contributed by atoms with Crippen LogP contribution in [0.1, 0.15) is 60.2 Å². The second-order valence-corrected chi connectivity index (χ2v) is 6.39. The second kappa shape index (κ2) is 6.53. The van der Waals surface area contributed by atoms with Gasteiger partial charge >= 0.3 is 5.97 Å². The van der Waals surface area contributed by atoms with E-state index in [1.165, 1.54) is 31.8 Å². The van der Waals surface area contributed by atoms with Crippen LogP contribution < -0.4 is 5.43 Å². The number of carbonyl (C=O) groups is 2. The van der Waals surface area contributed by atoms with Crippen molar-refractivity contribution in [1.82, 2.24) is 9.99 Å². The largest absolute Gasteiger partial charge is 0.464 e. The number of ether oxygens (including phenoxy) is 1. The maximum atomic E-state index is 11.7. The van der Waals surface area contributed by atoms with Crippen LogP contribution in [0.5, 0.6) is 0 Å². The Labute approximate surface area is 128 Å². The topological polar surface area (TPSA) is 71.5 Å².